The monoisotopic (exact) mass is 292 g/mol. The zero-order valence-corrected chi connectivity index (χ0v) is 12.1. The molecule has 1 heterocycles. The number of carbonyl (C=O) groups is 1. The third-order valence-corrected chi connectivity index (χ3v) is 4.67. The Labute approximate surface area is 122 Å². The minimum absolute atomic E-state index is 0.294. The first kappa shape index (κ1) is 13.5. The maximum atomic E-state index is 12.6. The molecule has 1 aromatic rings. The summed E-state index contributed by atoms with van der Waals surface area (Å²) < 4.78 is 0. The largest absolute Gasteiger partial charge is 0.363 e. The van der Waals surface area contributed by atoms with Gasteiger partial charge in [-0.25, -0.2) is 0 Å². The molecule has 106 valence electrons. The van der Waals surface area contributed by atoms with Gasteiger partial charge in [-0.15, -0.1) is 0 Å². The first-order valence-electron chi connectivity index (χ1n) is 6.62. The van der Waals surface area contributed by atoms with Crippen LogP contribution in [-0.4, -0.2) is 49.7 Å². The fourth-order valence-electron chi connectivity index (χ4n) is 3.31. The van der Waals surface area contributed by atoms with Gasteiger partial charge in [-0.3, -0.25) is 4.79 Å². The topological polar surface area (TPSA) is 64.0 Å². The van der Waals surface area contributed by atoms with Crippen molar-refractivity contribution in [3.05, 3.63) is 35.4 Å². The number of aliphatic hydroxyl groups is 2. The molecule has 1 saturated heterocycles. The number of ketones is 1. The predicted molar refractivity (Wildman–Crippen MR) is 77.0 cm³/mol. The summed E-state index contributed by atoms with van der Waals surface area (Å²) in [6.07, 6.45) is 0. The Hall–Kier alpha value is -1.50. The second-order valence-corrected chi connectivity index (χ2v) is 5.36. The predicted octanol–water partition coefficient (Wildman–Crippen LogP) is 0.659. The molecule has 3 rings (SSSR count). The first-order valence-corrected chi connectivity index (χ1v) is 7.03. The Balaban J connectivity index is 2.34. The van der Waals surface area contributed by atoms with Crippen molar-refractivity contribution in [2.75, 3.05) is 13.1 Å². The molecule has 2 N–H and O–H groups in total. The molecule has 2 aliphatic rings. The van der Waals surface area contributed by atoms with Crippen molar-refractivity contribution in [2.45, 2.75) is 25.3 Å². The number of nitrogens with zero attached hydrogens (tertiary/aromatic N) is 2. The number of Topliss-reactive ketones (excluding diaryl/α,β-unsaturated/α-hetero) is 1. The molecule has 1 aromatic carbocycles. The maximum absolute atomic E-state index is 12.6. The normalized spacial score (nSPS) is 31.8. The zero-order valence-electron chi connectivity index (χ0n) is 11.3. The van der Waals surface area contributed by atoms with Crippen LogP contribution in [0.4, 0.5) is 0 Å². The number of rotatable bonds is 2. The van der Waals surface area contributed by atoms with Gasteiger partial charge in [0.25, 0.3) is 5.72 Å². The molecule has 0 aromatic heterocycles. The van der Waals surface area contributed by atoms with E-state index in [1.165, 1.54) is 9.80 Å². The van der Waals surface area contributed by atoms with Crippen LogP contribution >= 0.6 is 12.2 Å². The SMILES string of the molecule is CCN1C(=S)N(CC)C2(O)c3ccccc3C(=O)C12O. The quantitative estimate of drug-likeness (QED) is 0.781. The molecule has 6 heteroatoms. The number of likely N-dealkylation sites (N-methyl/N-ethyl adjacent to an activating group) is 2. The van der Waals surface area contributed by atoms with Gasteiger partial charge in [0.15, 0.2) is 5.11 Å². The minimum Gasteiger partial charge on any atom is -0.363 e. The summed E-state index contributed by atoms with van der Waals surface area (Å²) in [4.78, 5) is 15.6. The molecule has 0 radical (unpaired) electrons. The molecular weight excluding hydrogens is 276 g/mol. The van der Waals surface area contributed by atoms with Gasteiger partial charge in [0.1, 0.15) is 0 Å². The highest BCUT2D eigenvalue weighted by Crippen LogP contribution is 2.52. The molecule has 0 bridgehead atoms. The first-order chi connectivity index (χ1) is 9.44. The molecule has 1 aliphatic carbocycles. The van der Waals surface area contributed by atoms with Crippen molar-refractivity contribution in [3.8, 4) is 0 Å². The molecule has 1 aliphatic heterocycles. The Morgan fingerprint density at radius 1 is 1.10 bits per heavy atom. The standard InChI is InChI=1S/C14H16N2O3S/c1-3-15-12(20)16(4-2)14(19)11(17)9-7-5-6-8-10(9)13(14,15)18/h5-8,18-19H,3-4H2,1-2H3. The van der Waals surface area contributed by atoms with E-state index >= 15 is 0 Å². The van der Waals surface area contributed by atoms with Gasteiger partial charge < -0.3 is 20.0 Å². The van der Waals surface area contributed by atoms with E-state index in [0.717, 1.165) is 0 Å². The third kappa shape index (κ3) is 1.16. The van der Waals surface area contributed by atoms with Gasteiger partial charge in [0.05, 0.1) is 0 Å². The highest BCUT2D eigenvalue weighted by Gasteiger charge is 2.73. The van der Waals surface area contributed by atoms with Gasteiger partial charge >= 0.3 is 0 Å². The van der Waals surface area contributed by atoms with Gasteiger partial charge in [0, 0.05) is 24.2 Å². The lowest BCUT2D eigenvalue weighted by molar-refractivity contribution is -0.199. The van der Waals surface area contributed by atoms with Crippen molar-refractivity contribution in [1.29, 1.82) is 0 Å². The lowest BCUT2D eigenvalue weighted by atomic mass is 9.98. The van der Waals surface area contributed by atoms with E-state index in [0.29, 0.717) is 29.3 Å². The van der Waals surface area contributed by atoms with Crippen LogP contribution in [0.5, 0.6) is 0 Å². The van der Waals surface area contributed by atoms with Crippen LogP contribution in [0.2, 0.25) is 0 Å². The average molecular weight is 292 g/mol. The van der Waals surface area contributed by atoms with Crippen LogP contribution < -0.4 is 0 Å². The lowest BCUT2D eigenvalue weighted by Crippen LogP contribution is -2.60. The number of fused-ring (bicyclic) bond motifs is 3. The Bertz CT molecular complexity index is 620. The van der Waals surface area contributed by atoms with Gasteiger partial charge in [-0.2, -0.15) is 0 Å². The lowest BCUT2D eigenvalue weighted by Gasteiger charge is -2.36. The number of thiocarbonyl (C=S) groups is 1. The second-order valence-electron chi connectivity index (χ2n) is 4.99. The summed E-state index contributed by atoms with van der Waals surface area (Å²) in [6, 6.07) is 6.74. The van der Waals surface area contributed by atoms with Crippen LogP contribution in [0, 0.1) is 0 Å². The van der Waals surface area contributed by atoms with Crippen LogP contribution in [0.15, 0.2) is 24.3 Å². The Morgan fingerprint density at radius 2 is 1.65 bits per heavy atom. The molecule has 20 heavy (non-hydrogen) atoms. The minimum atomic E-state index is -2.04. The van der Waals surface area contributed by atoms with E-state index in [1.807, 2.05) is 6.92 Å². The molecule has 2 atom stereocenters. The van der Waals surface area contributed by atoms with Crippen LogP contribution in [0.1, 0.15) is 29.8 Å². The zero-order chi connectivity index (χ0) is 14.7. The molecule has 1 fully saturated rings. The molecule has 2 unspecified atom stereocenters. The number of hydrogen-bond donors (Lipinski definition) is 2. The molecule has 0 spiro atoms. The maximum Gasteiger partial charge on any atom is 0.258 e. The van der Waals surface area contributed by atoms with Crippen molar-refractivity contribution < 1.29 is 15.0 Å². The Morgan fingerprint density at radius 3 is 2.25 bits per heavy atom. The van der Waals surface area contributed by atoms with Crippen molar-refractivity contribution in [3.63, 3.8) is 0 Å². The average Bonchev–Trinajstić information content (AvgIpc) is 2.73. The van der Waals surface area contributed by atoms with Crippen LogP contribution in [-0.2, 0) is 5.72 Å². The van der Waals surface area contributed by atoms with Gasteiger partial charge in [-0.1, -0.05) is 24.3 Å². The molecule has 0 amide bonds. The number of hydrogen-bond acceptors (Lipinski definition) is 4. The summed E-state index contributed by atoms with van der Waals surface area (Å²) in [6.45, 7) is 4.36. The smallest absolute Gasteiger partial charge is 0.258 e. The van der Waals surface area contributed by atoms with Gasteiger partial charge in [0.2, 0.25) is 11.5 Å². The molecular formula is C14H16N2O3S. The van der Waals surface area contributed by atoms with E-state index < -0.39 is 17.2 Å². The Kier molecular flexibility index (Phi) is 2.70. The fourth-order valence-corrected chi connectivity index (χ4v) is 3.84. The fraction of sp³-hybridized carbons (Fsp3) is 0.429. The van der Waals surface area contributed by atoms with Crippen LogP contribution in [0.3, 0.4) is 0 Å². The van der Waals surface area contributed by atoms with E-state index in [2.05, 4.69) is 0 Å². The van der Waals surface area contributed by atoms with E-state index in [-0.39, 0.29) is 0 Å². The van der Waals surface area contributed by atoms with Crippen LogP contribution in [0.25, 0.3) is 0 Å². The summed E-state index contributed by atoms with van der Waals surface area (Å²) in [5.41, 5.74) is -3.11. The summed E-state index contributed by atoms with van der Waals surface area (Å²) >= 11 is 5.32. The van der Waals surface area contributed by atoms with Crippen molar-refractivity contribution in [2.24, 2.45) is 0 Å². The number of carbonyl (C=O) groups excluding carboxylic acids is 1. The summed E-state index contributed by atoms with van der Waals surface area (Å²) in [7, 11) is 0. The molecule has 0 saturated carbocycles. The van der Waals surface area contributed by atoms with E-state index in [4.69, 9.17) is 12.2 Å². The highest BCUT2D eigenvalue weighted by atomic mass is 32.1. The van der Waals surface area contributed by atoms with E-state index in [9.17, 15) is 15.0 Å². The van der Waals surface area contributed by atoms with Gasteiger partial charge in [-0.05, 0) is 26.1 Å². The summed E-state index contributed by atoms with van der Waals surface area (Å²) in [5, 5.41) is 22.5. The summed E-state index contributed by atoms with van der Waals surface area (Å²) in [5.74, 6) is -0.504. The third-order valence-electron chi connectivity index (χ3n) is 4.23. The number of benzene rings is 1. The molecule has 5 nitrogen and oxygen atoms in total. The highest BCUT2D eigenvalue weighted by molar-refractivity contribution is 7.80. The van der Waals surface area contributed by atoms with Crippen molar-refractivity contribution in [1.82, 2.24) is 9.80 Å². The van der Waals surface area contributed by atoms with Crippen molar-refractivity contribution >= 4 is 23.1 Å². The second kappa shape index (κ2) is 4.00. The van der Waals surface area contributed by atoms with E-state index in [1.54, 1.807) is 31.2 Å².